The summed E-state index contributed by atoms with van der Waals surface area (Å²) in [6.45, 7) is 2.41. The Hall–Kier alpha value is -0.290. The molecule has 1 aliphatic rings. The molecule has 1 atom stereocenters. The number of unbranched alkanes of at least 4 members (excludes halogenated alkanes) is 5. The van der Waals surface area contributed by atoms with E-state index in [4.69, 9.17) is 9.47 Å². The zero-order chi connectivity index (χ0) is 15.4. The Labute approximate surface area is 126 Å². The van der Waals surface area contributed by atoms with Gasteiger partial charge in [-0.2, -0.15) is 13.2 Å². The highest BCUT2D eigenvalue weighted by molar-refractivity contribution is 4.62. The topological polar surface area (TPSA) is 18.5 Å². The van der Waals surface area contributed by atoms with Gasteiger partial charge < -0.3 is 9.47 Å². The predicted molar refractivity (Wildman–Crippen MR) is 77.4 cm³/mol. The van der Waals surface area contributed by atoms with E-state index in [1.165, 1.54) is 12.8 Å². The average Bonchev–Trinajstić information content (AvgIpc) is 2.44. The molecule has 0 radical (unpaired) electrons. The molecule has 0 N–H and O–H groups in total. The predicted octanol–water partition coefficient (Wildman–Crippen LogP) is 5.26. The van der Waals surface area contributed by atoms with Crippen molar-refractivity contribution in [2.75, 3.05) is 19.8 Å². The Morgan fingerprint density at radius 3 is 2.29 bits per heavy atom. The monoisotopic (exact) mass is 310 g/mol. The zero-order valence-electron chi connectivity index (χ0n) is 12.9. The molecule has 0 bridgehead atoms. The van der Waals surface area contributed by atoms with Crippen LogP contribution in [0.2, 0.25) is 0 Å². The first-order valence-corrected chi connectivity index (χ1v) is 8.34. The van der Waals surface area contributed by atoms with Crippen molar-refractivity contribution in [1.29, 1.82) is 0 Å². The molecule has 21 heavy (non-hydrogen) atoms. The van der Waals surface area contributed by atoms with Crippen LogP contribution in [0.15, 0.2) is 0 Å². The molecular formula is C16H29F3O2. The molecule has 0 aromatic carbocycles. The molecule has 0 spiro atoms. The summed E-state index contributed by atoms with van der Waals surface area (Å²) < 4.78 is 46.9. The van der Waals surface area contributed by atoms with Crippen LogP contribution in [0.3, 0.4) is 0 Å². The van der Waals surface area contributed by atoms with Crippen LogP contribution in [0.25, 0.3) is 0 Å². The quantitative estimate of drug-likeness (QED) is 0.485. The summed E-state index contributed by atoms with van der Waals surface area (Å²) in [5.74, 6) is 0. The second-order valence-corrected chi connectivity index (χ2v) is 5.88. The standard InChI is InChI=1S/C16H29F3O2/c17-16(18,19)11-6-3-1-2-4-7-12-20-14-10-15-9-5-8-13-21-15/h15H,1-14H2. The lowest BCUT2D eigenvalue weighted by atomic mass is 10.1. The van der Waals surface area contributed by atoms with Crippen LogP contribution in [0.1, 0.15) is 70.6 Å². The lowest BCUT2D eigenvalue weighted by Gasteiger charge is -2.22. The third kappa shape index (κ3) is 12.0. The van der Waals surface area contributed by atoms with Crippen molar-refractivity contribution in [3.05, 3.63) is 0 Å². The maximum Gasteiger partial charge on any atom is 0.389 e. The van der Waals surface area contributed by atoms with Gasteiger partial charge in [-0.1, -0.05) is 25.7 Å². The van der Waals surface area contributed by atoms with E-state index in [9.17, 15) is 13.2 Å². The highest BCUT2D eigenvalue weighted by Crippen LogP contribution is 2.23. The largest absolute Gasteiger partial charge is 0.389 e. The maximum absolute atomic E-state index is 11.9. The van der Waals surface area contributed by atoms with E-state index < -0.39 is 12.6 Å². The number of ether oxygens (including phenoxy) is 2. The SMILES string of the molecule is FC(F)(F)CCCCCCCCOCCC1CCCCO1. The van der Waals surface area contributed by atoms with E-state index in [1.807, 2.05) is 0 Å². The van der Waals surface area contributed by atoms with Crippen LogP contribution < -0.4 is 0 Å². The normalized spacial score (nSPS) is 19.9. The molecule has 2 nitrogen and oxygen atoms in total. The summed E-state index contributed by atoms with van der Waals surface area (Å²) in [6, 6.07) is 0. The second kappa shape index (κ2) is 11.3. The summed E-state index contributed by atoms with van der Waals surface area (Å²) in [4.78, 5) is 0. The molecule has 0 saturated carbocycles. The second-order valence-electron chi connectivity index (χ2n) is 5.88. The van der Waals surface area contributed by atoms with Gasteiger partial charge in [0.15, 0.2) is 0 Å². The van der Waals surface area contributed by atoms with Gasteiger partial charge in [-0.05, 0) is 38.5 Å². The van der Waals surface area contributed by atoms with Gasteiger partial charge in [-0.25, -0.2) is 0 Å². The highest BCUT2D eigenvalue weighted by Gasteiger charge is 2.25. The highest BCUT2D eigenvalue weighted by atomic mass is 19.4. The van der Waals surface area contributed by atoms with Crippen molar-refractivity contribution in [2.45, 2.75) is 82.9 Å². The third-order valence-electron chi connectivity index (χ3n) is 3.86. The van der Waals surface area contributed by atoms with Gasteiger partial charge in [-0.15, -0.1) is 0 Å². The Morgan fingerprint density at radius 2 is 1.62 bits per heavy atom. The lowest BCUT2D eigenvalue weighted by molar-refractivity contribution is -0.135. The van der Waals surface area contributed by atoms with Crippen LogP contribution in [0.5, 0.6) is 0 Å². The van der Waals surface area contributed by atoms with Crippen molar-refractivity contribution in [2.24, 2.45) is 0 Å². The molecule has 1 rings (SSSR count). The van der Waals surface area contributed by atoms with Gasteiger partial charge in [0.25, 0.3) is 0 Å². The van der Waals surface area contributed by atoms with Gasteiger partial charge in [0.1, 0.15) is 0 Å². The first-order chi connectivity index (χ1) is 10.1. The molecule has 0 aromatic heterocycles. The minimum atomic E-state index is -3.99. The minimum absolute atomic E-state index is 0.265. The molecule has 0 aliphatic carbocycles. The van der Waals surface area contributed by atoms with E-state index in [0.29, 0.717) is 12.5 Å². The Balaban J connectivity index is 1.74. The summed E-state index contributed by atoms with van der Waals surface area (Å²) in [7, 11) is 0. The number of halogens is 3. The van der Waals surface area contributed by atoms with Crippen molar-refractivity contribution < 1.29 is 22.6 Å². The van der Waals surface area contributed by atoms with E-state index in [2.05, 4.69) is 0 Å². The number of alkyl halides is 3. The van der Waals surface area contributed by atoms with E-state index in [-0.39, 0.29) is 6.42 Å². The van der Waals surface area contributed by atoms with Gasteiger partial charge in [-0.3, -0.25) is 0 Å². The van der Waals surface area contributed by atoms with Gasteiger partial charge >= 0.3 is 6.18 Å². The number of hydrogen-bond donors (Lipinski definition) is 0. The summed E-state index contributed by atoms with van der Waals surface area (Å²) in [6.07, 6.45) is 5.23. The fraction of sp³-hybridized carbons (Fsp3) is 1.00. The first-order valence-electron chi connectivity index (χ1n) is 8.34. The fourth-order valence-corrected chi connectivity index (χ4v) is 2.59. The molecule has 1 fully saturated rings. The zero-order valence-corrected chi connectivity index (χ0v) is 12.9. The first kappa shape index (κ1) is 18.8. The van der Waals surface area contributed by atoms with Crippen LogP contribution in [0.4, 0.5) is 13.2 Å². The molecule has 1 aliphatic heterocycles. The van der Waals surface area contributed by atoms with Gasteiger partial charge in [0.2, 0.25) is 0 Å². The third-order valence-corrected chi connectivity index (χ3v) is 3.86. The van der Waals surface area contributed by atoms with Crippen molar-refractivity contribution in [3.63, 3.8) is 0 Å². The smallest absolute Gasteiger partial charge is 0.381 e. The molecular weight excluding hydrogens is 281 g/mol. The summed E-state index contributed by atoms with van der Waals surface area (Å²) >= 11 is 0. The Morgan fingerprint density at radius 1 is 0.905 bits per heavy atom. The van der Waals surface area contributed by atoms with Crippen molar-refractivity contribution in [3.8, 4) is 0 Å². The molecule has 0 aromatic rings. The molecule has 1 unspecified atom stereocenters. The molecule has 1 saturated heterocycles. The fourth-order valence-electron chi connectivity index (χ4n) is 2.59. The average molecular weight is 310 g/mol. The molecule has 0 amide bonds. The molecule has 1 heterocycles. The van der Waals surface area contributed by atoms with Crippen molar-refractivity contribution >= 4 is 0 Å². The van der Waals surface area contributed by atoms with E-state index >= 15 is 0 Å². The maximum atomic E-state index is 11.9. The molecule has 126 valence electrons. The van der Waals surface area contributed by atoms with E-state index in [1.54, 1.807) is 0 Å². The van der Waals surface area contributed by atoms with Crippen molar-refractivity contribution in [1.82, 2.24) is 0 Å². The summed E-state index contributed by atoms with van der Waals surface area (Å²) in [5.41, 5.74) is 0. The van der Waals surface area contributed by atoms with Crippen LogP contribution >= 0.6 is 0 Å². The van der Waals surface area contributed by atoms with Crippen LogP contribution in [-0.2, 0) is 9.47 Å². The lowest BCUT2D eigenvalue weighted by Crippen LogP contribution is -2.20. The Kier molecular flexibility index (Phi) is 10.1. The van der Waals surface area contributed by atoms with Gasteiger partial charge in [0, 0.05) is 26.2 Å². The number of rotatable bonds is 11. The molecule has 5 heteroatoms. The van der Waals surface area contributed by atoms with E-state index in [0.717, 1.165) is 58.3 Å². The summed E-state index contributed by atoms with van der Waals surface area (Å²) in [5, 5.41) is 0. The van der Waals surface area contributed by atoms with Crippen LogP contribution in [-0.4, -0.2) is 32.1 Å². The Bertz CT molecular complexity index is 238. The van der Waals surface area contributed by atoms with Gasteiger partial charge in [0.05, 0.1) is 6.10 Å². The number of hydrogen-bond acceptors (Lipinski definition) is 2. The minimum Gasteiger partial charge on any atom is -0.381 e. The van der Waals surface area contributed by atoms with Crippen LogP contribution in [0, 0.1) is 0 Å².